The van der Waals surface area contributed by atoms with Gasteiger partial charge in [-0.2, -0.15) is 0 Å². The van der Waals surface area contributed by atoms with Gasteiger partial charge in [0.25, 0.3) is 0 Å². The van der Waals surface area contributed by atoms with E-state index in [4.69, 9.17) is 5.41 Å². The maximum Gasteiger partial charge on any atom is 0.168 e. The van der Waals surface area contributed by atoms with Crippen molar-refractivity contribution in [2.45, 2.75) is 34.1 Å². The molecule has 0 fully saturated rings. The maximum atomic E-state index is 11.6. The van der Waals surface area contributed by atoms with Gasteiger partial charge in [0.05, 0.1) is 5.57 Å². The molecule has 3 nitrogen and oxygen atoms in total. The zero-order chi connectivity index (χ0) is 11.1. The van der Waals surface area contributed by atoms with Crippen LogP contribution in [0.25, 0.3) is 0 Å². The fourth-order valence-electron chi connectivity index (χ4n) is 1.79. The molecule has 78 valence electrons. The van der Waals surface area contributed by atoms with Crippen molar-refractivity contribution in [2.24, 2.45) is 11.3 Å². The van der Waals surface area contributed by atoms with E-state index in [-0.39, 0.29) is 34.2 Å². The highest BCUT2D eigenvalue weighted by Crippen LogP contribution is 2.40. The van der Waals surface area contributed by atoms with Crippen LogP contribution in [0, 0.1) is 16.7 Å². The zero-order valence-corrected chi connectivity index (χ0v) is 9.14. The fraction of sp³-hybridized carbons (Fsp3) is 0.636. The number of ketones is 1. The van der Waals surface area contributed by atoms with E-state index < -0.39 is 0 Å². The molecule has 14 heavy (non-hydrogen) atoms. The van der Waals surface area contributed by atoms with E-state index >= 15 is 0 Å². The Hall–Kier alpha value is -1.12. The number of rotatable bonds is 1. The van der Waals surface area contributed by atoms with Gasteiger partial charge in [-0.3, -0.25) is 4.79 Å². The van der Waals surface area contributed by atoms with E-state index in [9.17, 15) is 9.90 Å². The molecule has 3 heteroatoms. The molecular formula is C11H17NO2. The highest BCUT2D eigenvalue weighted by Gasteiger charge is 2.39. The third-order valence-electron chi connectivity index (χ3n) is 3.11. The molecule has 0 bridgehead atoms. The monoisotopic (exact) mass is 195 g/mol. The van der Waals surface area contributed by atoms with E-state index in [0.29, 0.717) is 6.42 Å². The zero-order valence-electron chi connectivity index (χ0n) is 9.14. The second kappa shape index (κ2) is 3.23. The Bertz CT molecular complexity index is 326. The smallest absolute Gasteiger partial charge is 0.168 e. The minimum absolute atomic E-state index is 0.0597. The second-order valence-electron chi connectivity index (χ2n) is 4.70. The van der Waals surface area contributed by atoms with Crippen LogP contribution in [-0.4, -0.2) is 16.6 Å². The van der Waals surface area contributed by atoms with Crippen LogP contribution in [0.5, 0.6) is 0 Å². The van der Waals surface area contributed by atoms with Crippen molar-refractivity contribution in [1.29, 1.82) is 5.41 Å². The summed E-state index contributed by atoms with van der Waals surface area (Å²) in [4.78, 5) is 11.6. The van der Waals surface area contributed by atoms with Crippen molar-refractivity contribution in [2.75, 3.05) is 0 Å². The summed E-state index contributed by atoms with van der Waals surface area (Å²) in [6, 6.07) is 0. The van der Waals surface area contributed by atoms with Crippen LogP contribution in [0.3, 0.4) is 0 Å². The van der Waals surface area contributed by atoms with E-state index in [0.717, 1.165) is 0 Å². The molecule has 0 spiro atoms. The summed E-state index contributed by atoms with van der Waals surface area (Å²) in [7, 11) is 0. The summed E-state index contributed by atoms with van der Waals surface area (Å²) < 4.78 is 0. The first-order valence-electron chi connectivity index (χ1n) is 4.79. The molecule has 0 amide bonds. The molecule has 0 aromatic heterocycles. The predicted octanol–water partition coefficient (Wildman–Crippen LogP) is 2.47. The van der Waals surface area contributed by atoms with Crippen molar-refractivity contribution in [3.8, 4) is 0 Å². The number of carbonyl (C=O) groups excluding carboxylic acids is 1. The molecule has 1 rings (SSSR count). The Morgan fingerprint density at radius 2 is 2.07 bits per heavy atom. The van der Waals surface area contributed by atoms with Gasteiger partial charge in [-0.25, -0.2) is 0 Å². The molecule has 0 aliphatic heterocycles. The van der Waals surface area contributed by atoms with Crippen LogP contribution < -0.4 is 0 Å². The number of allylic oxidation sites excluding steroid dienone is 2. The van der Waals surface area contributed by atoms with Gasteiger partial charge in [-0.05, 0) is 12.3 Å². The standard InChI is InChI=1S/C11H17NO2/c1-6-10(14)9(7(2)12)8(13)5-11(6,3)4/h6,12,14H,5H2,1-4H3. The van der Waals surface area contributed by atoms with Crippen LogP contribution in [0.1, 0.15) is 34.1 Å². The van der Waals surface area contributed by atoms with Crippen LogP contribution in [-0.2, 0) is 4.79 Å². The third-order valence-corrected chi connectivity index (χ3v) is 3.11. The molecule has 0 saturated heterocycles. The van der Waals surface area contributed by atoms with Gasteiger partial charge < -0.3 is 10.5 Å². The molecule has 1 unspecified atom stereocenters. The average molecular weight is 195 g/mol. The third kappa shape index (κ3) is 1.59. The van der Waals surface area contributed by atoms with Crippen LogP contribution in [0.2, 0.25) is 0 Å². The Balaban J connectivity index is 3.24. The number of hydrogen-bond donors (Lipinski definition) is 2. The first-order valence-corrected chi connectivity index (χ1v) is 4.79. The highest BCUT2D eigenvalue weighted by atomic mass is 16.3. The van der Waals surface area contributed by atoms with Gasteiger partial charge in [0.15, 0.2) is 5.78 Å². The van der Waals surface area contributed by atoms with Gasteiger partial charge in [-0.1, -0.05) is 20.8 Å². The number of Topliss-reactive ketones (excluding diaryl/α,β-unsaturated/α-hetero) is 1. The highest BCUT2D eigenvalue weighted by molar-refractivity contribution is 6.21. The minimum Gasteiger partial charge on any atom is -0.511 e. The SMILES string of the molecule is CC(=N)C1=C(O)C(C)C(C)(C)CC1=O. The van der Waals surface area contributed by atoms with Crippen LogP contribution in [0.4, 0.5) is 0 Å². The lowest BCUT2D eigenvalue weighted by Gasteiger charge is -2.35. The number of carbonyl (C=O) groups is 1. The largest absolute Gasteiger partial charge is 0.511 e. The first-order chi connectivity index (χ1) is 6.27. The van der Waals surface area contributed by atoms with Gasteiger partial charge in [-0.15, -0.1) is 0 Å². The fourth-order valence-corrected chi connectivity index (χ4v) is 1.79. The minimum atomic E-state index is -0.208. The Kier molecular flexibility index (Phi) is 2.52. The van der Waals surface area contributed by atoms with E-state index in [1.807, 2.05) is 20.8 Å². The van der Waals surface area contributed by atoms with Gasteiger partial charge in [0, 0.05) is 18.1 Å². The molecular weight excluding hydrogens is 178 g/mol. The first kappa shape index (κ1) is 11.0. The number of nitrogens with one attached hydrogen (secondary N) is 1. The van der Waals surface area contributed by atoms with Crippen LogP contribution >= 0.6 is 0 Å². The average Bonchev–Trinajstić information content (AvgIpc) is 1.98. The predicted molar refractivity (Wildman–Crippen MR) is 55.6 cm³/mol. The van der Waals surface area contributed by atoms with E-state index in [1.54, 1.807) is 0 Å². The Labute approximate surface area is 84.3 Å². The van der Waals surface area contributed by atoms with Crippen molar-refractivity contribution in [3.05, 3.63) is 11.3 Å². The molecule has 1 atom stereocenters. The molecule has 0 radical (unpaired) electrons. The van der Waals surface area contributed by atoms with Gasteiger partial charge >= 0.3 is 0 Å². The van der Waals surface area contributed by atoms with E-state index in [2.05, 4.69) is 0 Å². The van der Waals surface area contributed by atoms with Crippen molar-refractivity contribution in [1.82, 2.24) is 0 Å². The maximum absolute atomic E-state index is 11.6. The van der Waals surface area contributed by atoms with Gasteiger partial charge in [0.1, 0.15) is 5.76 Å². The quantitative estimate of drug-likeness (QED) is 0.631. The van der Waals surface area contributed by atoms with Crippen molar-refractivity contribution >= 4 is 11.5 Å². The molecule has 2 N–H and O–H groups in total. The lowest BCUT2D eigenvalue weighted by atomic mass is 9.69. The summed E-state index contributed by atoms with van der Waals surface area (Å²) in [5, 5.41) is 17.3. The lowest BCUT2D eigenvalue weighted by Crippen LogP contribution is -2.35. The molecule has 0 saturated carbocycles. The lowest BCUT2D eigenvalue weighted by molar-refractivity contribution is -0.118. The summed E-state index contributed by atoms with van der Waals surface area (Å²) in [6.45, 7) is 7.35. The Morgan fingerprint density at radius 3 is 2.50 bits per heavy atom. The molecule has 0 heterocycles. The number of aliphatic hydroxyl groups excluding tert-OH is 1. The van der Waals surface area contributed by atoms with E-state index in [1.165, 1.54) is 6.92 Å². The summed E-state index contributed by atoms with van der Waals surface area (Å²) in [5.41, 5.74) is 0.173. The van der Waals surface area contributed by atoms with Gasteiger partial charge in [0.2, 0.25) is 0 Å². The molecule has 0 aromatic rings. The molecule has 1 aliphatic carbocycles. The number of hydrogen-bond acceptors (Lipinski definition) is 3. The van der Waals surface area contributed by atoms with Crippen LogP contribution in [0.15, 0.2) is 11.3 Å². The molecule has 1 aliphatic rings. The van der Waals surface area contributed by atoms with Crippen molar-refractivity contribution in [3.63, 3.8) is 0 Å². The summed E-state index contributed by atoms with van der Waals surface area (Å²) in [6.07, 6.45) is 0.407. The number of aliphatic hydroxyl groups is 1. The van der Waals surface area contributed by atoms with Crippen molar-refractivity contribution < 1.29 is 9.90 Å². The normalized spacial score (nSPS) is 26.6. The summed E-state index contributed by atoms with van der Waals surface area (Å²) >= 11 is 0. The topological polar surface area (TPSA) is 61.1 Å². The molecule has 0 aromatic carbocycles. The Morgan fingerprint density at radius 1 is 1.57 bits per heavy atom. The second-order valence-corrected chi connectivity index (χ2v) is 4.70. The summed E-state index contributed by atoms with van der Waals surface area (Å²) in [5.74, 6) is -0.0904.